The van der Waals surface area contributed by atoms with Crippen LogP contribution in [0, 0.1) is 11.2 Å². The molecular weight excluding hydrogens is 275 g/mol. The van der Waals surface area contributed by atoms with Gasteiger partial charge in [0.2, 0.25) is 11.8 Å². The SMILES string of the molecule is CC(Cc1ccc(F)cc1)N1C(=O)NC(=O)C2(CC2)C1=O. The van der Waals surface area contributed by atoms with Gasteiger partial charge in [0.25, 0.3) is 0 Å². The third kappa shape index (κ3) is 2.20. The van der Waals surface area contributed by atoms with Gasteiger partial charge in [-0.3, -0.25) is 19.8 Å². The Hall–Kier alpha value is -2.24. The summed E-state index contributed by atoms with van der Waals surface area (Å²) in [5.74, 6) is -1.23. The molecule has 2 fully saturated rings. The summed E-state index contributed by atoms with van der Waals surface area (Å²) < 4.78 is 12.9. The lowest BCUT2D eigenvalue weighted by Crippen LogP contribution is -2.61. The van der Waals surface area contributed by atoms with Gasteiger partial charge >= 0.3 is 6.03 Å². The van der Waals surface area contributed by atoms with E-state index in [2.05, 4.69) is 5.32 Å². The highest BCUT2D eigenvalue weighted by Gasteiger charge is 2.62. The maximum atomic E-state index is 12.9. The number of benzene rings is 1. The Kier molecular flexibility index (Phi) is 3.04. The number of imide groups is 2. The van der Waals surface area contributed by atoms with Crippen LogP contribution in [0.2, 0.25) is 0 Å². The summed E-state index contributed by atoms with van der Waals surface area (Å²) in [4.78, 5) is 37.2. The van der Waals surface area contributed by atoms with Crippen LogP contribution < -0.4 is 5.32 Å². The Balaban J connectivity index is 1.78. The molecule has 1 aliphatic carbocycles. The fourth-order valence-electron chi connectivity index (χ4n) is 2.72. The minimum Gasteiger partial charge on any atom is -0.277 e. The van der Waals surface area contributed by atoms with Crippen molar-refractivity contribution < 1.29 is 18.8 Å². The largest absolute Gasteiger partial charge is 0.331 e. The second kappa shape index (κ2) is 4.65. The molecule has 1 saturated carbocycles. The predicted molar refractivity (Wildman–Crippen MR) is 71.6 cm³/mol. The number of hydrogen-bond donors (Lipinski definition) is 1. The van der Waals surface area contributed by atoms with Gasteiger partial charge in [-0.2, -0.15) is 0 Å². The number of nitrogens with zero attached hydrogens (tertiary/aromatic N) is 1. The summed E-state index contributed by atoms with van der Waals surface area (Å²) >= 11 is 0. The molecule has 4 amide bonds. The molecule has 0 aromatic heterocycles. The van der Waals surface area contributed by atoms with Crippen LogP contribution >= 0.6 is 0 Å². The van der Waals surface area contributed by atoms with Gasteiger partial charge in [-0.1, -0.05) is 12.1 Å². The molecule has 1 aromatic rings. The Bertz CT molecular complexity index is 622. The number of amides is 4. The van der Waals surface area contributed by atoms with E-state index in [1.54, 1.807) is 19.1 Å². The fourth-order valence-corrected chi connectivity index (χ4v) is 2.72. The highest BCUT2D eigenvalue weighted by atomic mass is 19.1. The Labute approximate surface area is 121 Å². The van der Waals surface area contributed by atoms with Gasteiger partial charge < -0.3 is 0 Å². The normalized spacial score (nSPS) is 21.4. The first-order chi connectivity index (χ1) is 9.94. The number of carbonyl (C=O) groups is 3. The Morgan fingerprint density at radius 1 is 1.24 bits per heavy atom. The van der Waals surface area contributed by atoms with Gasteiger partial charge in [0.05, 0.1) is 0 Å². The first-order valence-electron chi connectivity index (χ1n) is 6.87. The molecule has 1 heterocycles. The number of rotatable bonds is 3. The quantitative estimate of drug-likeness (QED) is 0.860. The van der Waals surface area contributed by atoms with Crippen LogP contribution in [0.4, 0.5) is 9.18 Å². The predicted octanol–water partition coefficient (Wildman–Crippen LogP) is 1.62. The van der Waals surface area contributed by atoms with Crippen LogP contribution in [-0.2, 0) is 16.0 Å². The molecule has 0 bridgehead atoms. The Morgan fingerprint density at radius 2 is 1.86 bits per heavy atom. The topological polar surface area (TPSA) is 66.5 Å². The molecule has 5 nitrogen and oxygen atoms in total. The zero-order chi connectivity index (χ0) is 15.2. The van der Waals surface area contributed by atoms with Crippen molar-refractivity contribution in [2.75, 3.05) is 0 Å². The van der Waals surface area contributed by atoms with Gasteiger partial charge in [-0.15, -0.1) is 0 Å². The average Bonchev–Trinajstić information content (AvgIpc) is 3.21. The van der Waals surface area contributed by atoms with Crippen LogP contribution in [-0.4, -0.2) is 28.8 Å². The van der Waals surface area contributed by atoms with Crippen molar-refractivity contribution in [3.63, 3.8) is 0 Å². The summed E-state index contributed by atoms with van der Waals surface area (Å²) in [6.45, 7) is 1.74. The fraction of sp³-hybridized carbons (Fsp3) is 0.400. The van der Waals surface area contributed by atoms with Crippen molar-refractivity contribution in [3.05, 3.63) is 35.6 Å². The van der Waals surface area contributed by atoms with E-state index in [9.17, 15) is 18.8 Å². The molecule has 1 saturated heterocycles. The van der Waals surface area contributed by atoms with Crippen LogP contribution in [0.3, 0.4) is 0 Å². The van der Waals surface area contributed by atoms with Crippen molar-refractivity contribution in [3.8, 4) is 0 Å². The zero-order valence-corrected chi connectivity index (χ0v) is 11.6. The lowest BCUT2D eigenvalue weighted by Gasteiger charge is -2.34. The highest BCUT2D eigenvalue weighted by Crippen LogP contribution is 2.49. The van der Waals surface area contributed by atoms with Gasteiger partial charge in [-0.05, 0) is 43.9 Å². The van der Waals surface area contributed by atoms with E-state index in [4.69, 9.17) is 0 Å². The van der Waals surface area contributed by atoms with E-state index in [-0.39, 0.29) is 5.82 Å². The molecule has 1 spiro atoms. The van der Waals surface area contributed by atoms with Crippen LogP contribution in [0.1, 0.15) is 25.3 Å². The van der Waals surface area contributed by atoms with Crippen molar-refractivity contribution >= 4 is 17.8 Å². The minimum absolute atomic E-state index is 0.333. The maximum absolute atomic E-state index is 12.9. The van der Waals surface area contributed by atoms with E-state index in [1.807, 2.05) is 0 Å². The summed E-state index contributed by atoms with van der Waals surface area (Å²) in [6.07, 6.45) is 1.40. The zero-order valence-electron chi connectivity index (χ0n) is 11.6. The molecule has 1 aliphatic heterocycles. The summed E-state index contributed by atoms with van der Waals surface area (Å²) in [6, 6.07) is 4.86. The van der Waals surface area contributed by atoms with Gasteiger partial charge in [-0.25, -0.2) is 9.18 Å². The number of barbiturate groups is 1. The number of hydrogen-bond acceptors (Lipinski definition) is 3. The third-order valence-electron chi connectivity index (χ3n) is 4.14. The first-order valence-corrected chi connectivity index (χ1v) is 6.87. The molecular formula is C15H15FN2O3. The van der Waals surface area contributed by atoms with Crippen LogP contribution in [0.25, 0.3) is 0 Å². The van der Waals surface area contributed by atoms with Crippen molar-refractivity contribution in [2.45, 2.75) is 32.2 Å². The molecule has 1 atom stereocenters. The molecule has 1 N–H and O–H groups in total. The molecule has 110 valence electrons. The van der Waals surface area contributed by atoms with Crippen LogP contribution in [0.5, 0.6) is 0 Å². The smallest absolute Gasteiger partial charge is 0.277 e. The molecule has 2 aliphatic rings. The molecule has 1 aromatic carbocycles. The second-order valence-electron chi connectivity index (χ2n) is 5.70. The Morgan fingerprint density at radius 3 is 2.43 bits per heavy atom. The van der Waals surface area contributed by atoms with Crippen molar-refractivity contribution in [2.24, 2.45) is 5.41 Å². The van der Waals surface area contributed by atoms with E-state index >= 15 is 0 Å². The van der Waals surface area contributed by atoms with E-state index in [0.29, 0.717) is 19.3 Å². The molecule has 0 radical (unpaired) electrons. The second-order valence-corrected chi connectivity index (χ2v) is 5.70. The minimum atomic E-state index is -1.02. The van der Waals surface area contributed by atoms with Crippen molar-refractivity contribution in [1.29, 1.82) is 0 Å². The molecule has 1 unspecified atom stereocenters. The summed E-state index contributed by atoms with van der Waals surface area (Å²) in [5, 5.41) is 2.26. The molecule has 3 rings (SSSR count). The number of halogens is 1. The summed E-state index contributed by atoms with van der Waals surface area (Å²) in [7, 11) is 0. The third-order valence-corrected chi connectivity index (χ3v) is 4.14. The van der Waals surface area contributed by atoms with Crippen molar-refractivity contribution in [1.82, 2.24) is 10.2 Å². The lowest BCUT2D eigenvalue weighted by molar-refractivity contribution is -0.145. The monoisotopic (exact) mass is 290 g/mol. The van der Waals surface area contributed by atoms with E-state index in [0.717, 1.165) is 10.5 Å². The summed E-state index contributed by atoms with van der Waals surface area (Å²) in [5.41, 5.74) is -0.198. The number of carbonyl (C=O) groups excluding carboxylic acids is 3. The van der Waals surface area contributed by atoms with Gasteiger partial charge in [0.15, 0.2) is 0 Å². The van der Waals surface area contributed by atoms with Gasteiger partial charge in [0, 0.05) is 6.04 Å². The average molecular weight is 290 g/mol. The van der Waals surface area contributed by atoms with E-state index < -0.39 is 29.3 Å². The molecule has 21 heavy (non-hydrogen) atoms. The number of nitrogens with one attached hydrogen (secondary N) is 1. The maximum Gasteiger partial charge on any atom is 0.331 e. The lowest BCUT2D eigenvalue weighted by atomic mass is 9.98. The number of urea groups is 1. The van der Waals surface area contributed by atoms with Gasteiger partial charge in [0.1, 0.15) is 11.2 Å². The van der Waals surface area contributed by atoms with E-state index in [1.165, 1.54) is 12.1 Å². The first kappa shape index (κ1) is 13.7. The molecule has 6 heteroatoms. The van der Waals surface area contributed by atoms with Crippen LogP contribution in [0.15, 0.2) is 24.3 Å². The highest BCUT2D eigenvalue weighted by molar-refractivity contribution is 6.21. The standard InChI is InChI=1S/C15H15FN2O3/c1-9(8-10-2-4-11(16)5-3-10)18-13(20)15(6-7-15)12(19)17-14(18)21/h2-5,9H,6-8H2,1H3,(H,17,19,21).